The first-order chi connectivity index (χ1) is 22.8. The number of carbonyl (C=O) groups excluding carboxylic acids is 2. The van der Waals surface area contributed by atoms with Crippen molar-refractivity contribution in [1.82, 2.24) is 0 Å². The molecule has 0 saturated heterocycles. The molecule has 0 rings (SSSR count). The van der Waals surface area contributed by atoms with Gasteiger partial charge in [0.25, 0.3) is 7.82 Å². The molecule has 278 valence electrons. The average Bonchev–Trinajstić information content (AvgIpc) is 3.03. The van der Waals surface area contributed by atoms with Crippen molar-refractivity contribution in [2.24, 2.45) is 0 Å². The predicted octanol–water partition coefficient (Wildman–Crippen LogP) is 10.8. The molecule has 2 unspecified atom stereocenters. The lowest BCUT2D eigenvalue weighted by Crippen LogP contribution is -2.30. The van der Waals surface area contributed by atoms with Gasteiger partial charge in [0.15, 0.2) is 6.10 Å². The highest BCUT2D eigenvalue weighted by atomic mass is 31.2. The first-order valence-corrected chi connectivity index (χ1v) is 21.0. The van der Waals surface area contributed by atoms with E-state index in [2.05, 4.69) is 30.5 Å². The number of phosphoric ester groups is 1. The summed E-state index contributed by atoms with van der Waals surface area (Å²) in [6, 6.07) is 0. The Morgan fingerprint density at radius 2 is 0.936 bits per heavy atom. The summed E-state index contributed by atoms with van der Waals surface area (Å²) < 4.78 is 26.0. The second kappa shape index (κ2) is 34.6. The molecule has 0 spiro atoms. The minimum absolute atomic E-state index is 0.190. The monoisotopic (exact) mass is 687 g/mol. The van der Waals surface area contributed by atoms with Gasteiger partial charge in [-0.15, -0.1) is 0 Å². The molecule has 0 saturated carbocycles. The Balaban J connectivity index is 3.94. The molecule has 0 heterocycles. The summed E-state index contributed by atoms with van der Waals surface area (Å²) in [5.41, 5.74) is 0. The Bertz CT molecular complexity index is 782. The van der Waals surface area contributed by atoms with Crippen molar-refractivity contribution in [2.45, 2.75) is 206 Å². The first kappa shape index (κ1) is 45.8. The van der Waals surface area contributed by atoms with Gasteiger partial charge >= 0.3 is 11.9 Å². The number of unbranched alkanes of at least 4 members (excludes halogenated alkanes) is 24. The molecule has 9 heteroatoms. The molecule has 0 aromatic heterocycles. The maximum atomic E-state index is 12.3. The number of rotatable bonds is 36. The molecule has 0 amide bonds. The maximum absolute atomic E-state index is 12.3. The molecule has 2 atom stereocenters. The summed E-state index contributed by atoms with van der Waals surface area (Å²) in [6.45, 7) is 3.58. The normalized spacial score (nSPS) is 13.5. The minimum Gasteiger partial charge on any atom is -0.756 e. The second-order valence-electron chi connectivity index (χ2n) is 13.2. The highest BCUT2D eigenvalue weighted by Gasteiger charge is 2.19. The van der Waals surface area contributed by atoms with Gasteiger partial charge in [0.2, 0.25) is 0 Å². The van der Waals surface area contributed by atoms with Gasteiger partial charge in [0.05, 0.1) is 6.61 Å². The zero-order chi connectivity index (χ0) is 34.7. The van der Waals surface area contributed by atoms with Crippen LogP contribution in [0.15, 0.2) is 12.2 Å². The van der Waals surface area contributed by atoms with E-state index in [-0.39, 0.29) is 19.4 Å². The lowest BCUT2D eigenvalue weighted by atomic mass is 10.0. The summed E-state index contributed by atoms with van der Waals surface area (Å²) in [5, 5.41) is 0. The molecular weight excluding hydrogens is 615 g/mol. The maximum Gasteiger partial charge on any atom is 0.306 e. The molecule has 0 bridgehead atoms. The fourth-order valence-corrected chi connectivity index (χ4v) is 5.95. The van der Waals surface area contributed by atoms with Gasteiger partial charge in [-0.05, 0) is 38.5 Å². The van der Waals surface area contributed by atoms with Gasteiger partial charge in [-0.3, -0.25) is 14.2 Å². The van der Waals surface area contributed by atoms with Crippen molar-refractivity contribution in [3.63, 3.8) is 0 Å². The zero-order valence-corrected chi connectivity index (χ0v) is 31.3. The van der Waals surface area contributed by atoms with Gasteiger partial charge in [0.1, 0.15) is 6.61 Å². The van der Waals surface area contributed by atoms with Crippen molar-refractivity contribution in [2.75, 3.05) is 13.2 Å². The van der Waals surface area contributed by atoms with Crippen LogP contribution in [0.5, 0.6) is 0 Å². The van der Waals surface area contributed by atoms with Crippen LogP contribution in [0, 0.1) is 0 Å². The summed E-state index contributed by atoms with van der Waals surface area (Å²) in [7, 11) is -5.00. The second-order valence-corrected chi connectivity index (χ2v) is 14.4. The third kappa shape index (κ3) is 37.5. The van der Waals surface area contributed by atoms with Crippen molar-refractivity contribution in [3.8, 4) is 0 Å². The van der Waals surface area contributed by atoms with E-state index in [1.807, 2.05) is 0 Å². The minimum atomic E-state index is -5.00. The number of hydrogen-bond donors (Lipinski definition) is 1. The summed E-state index contributed by atoms with van der Waals surface area (Å²) >= 11 is 0. The van der Waals surface area contributed by atoms with E-state index in [4.69, 9.17) is 14.4 Å². The molecule has 0 aliphatic carbocycles. The number of carbonyl (C=O) groups is 2. The lowest BCUT2D eigenvalue weighted by molar-refractivity contribution is -0.223. The number of hydrogen-bond acceptors (Lipinski definition) is 7. The third-order valence-electron chi connectivity index (χ3n) is 8.53. The molecular formula is C38H72O8P-. The lowest BCUT2D eigenvalue weighted by Gasteiger charge is -2.21. The third-order valence-corrected chi connectivity index (χ3v) is 9.00. The Morgan fingerprint density at radius 1 is 0.574 bits per heavy atom. The SMILES string of the molecule is CCCCCCCCC/C=C/CCCCCCCC(=O)OC(COC(=O)CCCCCCCCCCCCCCC)COP(=O)([O-])O. The Kier molecular flexibility index (Phi) is 33.8. The number of phosphoric acid groups is 1. The highest BCUT2D eigenvalue weighted by Crippen LogP contribution is 2.30. The number of allylic oxidation sites excluding steroid dienone is 2. The van der Waals surface area contributed by atoms with Gasteiger partial charge in [-0.25, -0.2) is 0 Å². The van der Waals surface area contributed by atoms with Gasteiger partial charge in [-0.2, -0.15) is 0 Å². The Morgan fingerprint density at radius 3 is 1.34 bits per heavy atom. The fourth-order valence-electron chi connectivity index (χ4n) is 5.60. The fraction of sp³-hybridized carbons (Fsp3) is 0.895. The topological polar surface area (TPSA) is 122 Å². The van der Waals surface area contributed by atoms with Crippen molar-refractivity contribution >= 4 is 19.8 Å². The highest BCUT2D eigenvalue weighted by molar-refractivity contribution is 7.44. The summed E-state index contributed by atoms with van der Waals surface area (Å²) in [5.74, 6) is -0.922. The van der Waals surface area contributed by atoms with Crippen LogP contribution in [-0.4, -0.2) is 36.1 Å². The molecule has 8 nitrogen and oxygen atoms in total. The molecule has 1 N–H and O–H groups in total. The molecule has 0 radical (unpaired) electrons. The van der Waals surface area contributed by atoms with Crippen LogP contribution < -0.4 is 4.89 Å². The average molecular weight is 688 g/mol. The van der Waals surface area contributed by atoms with Crippen LogP contribution in [0.25, 0.3) is 0 Å². The Labute approximate surface area is 288 Å². The standard InChI is InChI=1S/C38H73O8P/c1-3-5-7-9-11-13-15-17-18-19-21-23-25-27-29-31-33-38(40)46-36(35-45-47(41,42)43)34-44-37(39)32-30-28-26-24-22-20-16-14-12-10-8-6-4-2/h18-19,36H,3-17,20-35H2,1-2H3,(H2,41,42,43)/p-1/b19-18+. The smallest absolute Gasteiger partial charge is 0.306 e. The molecule has 47 heavy (non-hydrogen) atoms. The number of esters is 2. The van der Waals surface area contributed by atoms with E-state index in [0.29, 0.717) is 6.42 Å². The van der Waals surface area contributed by atoms with Crippen molar-refractivity contribution in [1.29, 1.82) is 0 Å². The molecule has 0 aliphatic heterocycles. The van der Waals surface area contributed by atoms with E-state index in [9.17, 15) is 19.0 Å². The van der Waals surface area contributed by atoms with Crippen molar-refractivity contribution < 1.29 is 37.9 Å². The Hall–Kier alpha value is -1.21. The summed E-state index contributed by atoms with van der Waals surface area (Å²) in [6.07, 6.45) is 36.2. The van der Waals surface area contributed by atoms with Crippen LogP contribution >= 0.6 is 7.82 Å². The van der Waals surface area contributed by atoms with E-state index < -0.39 is 32.5 Å². The van der Waals surface area contributed by atoms with Gasteiger partial charge in [0, 0.05) is 12.8 Å². The molecule has 0 aromatic carbocycles. The van der Waals surface area contributed by atoms with E-state index >= 15 is 0 Å². The molecule has 0 aliphatic rings. The number of ether oxygens (including phenoxy) is 2. The largest absolute Gasteiger partial charge is 0.756 e. The van der Waals surface area contributed by atoms with E-state index in [0.717, 1.165) is 51.4 Å². The summed E-state index contributed by atoms with van der Waals surface area (Å²) in [4.78, 5) is 44.5. The van der Waals surface area contributed by atoms with Crippen LogP contribution in [0.2, 0.25) is 0 Å². The van der Waals surface area contributed by atoms with Crippen LogP contribution in [0.3, 0.4) is 0 Å². The predicted molar refractivity (Wildman–Crippen MR) is 191 cm³/mol. The van der Waals surface area contributed by atoms with E-state index in [1.165, 1.54) is 116 Å². The zero-order valence-electron chi connectivity index (χ0n) is 30.4. The van der Waals surface area contributed by atoms with Gasteiger partial charge in [-0.1, -0.05) is 161 Å². The van der Waals surface area contributed by atoms with E-state index in [1.54, 1.807) is 0 Å². The van der Waals surface area contributed by atoms with Crippen LogP contribution in [-0.2, 0) is 28.2 Å². The molecule has 0 aromatic rings. The van der Waals surface area contributed by atoms with Crippen molar-refractivity contribution in [3.05, 3.63) is 12.2 Å². The van der Waals surface area contributed by atoms with Crippen LogP contribution in [0.1, 0.15) is 200 Å². The first-order valence-electron chi connectivity index (χ1n) is 19.5. The molecule has 0 fully saturated rings. The van der Waals surface area contributed by atoms with Crippen LogP contribution in [0.4, 0.5) is 0 Å². The van der Waals surface area contributed by atoms with Gasteiger partial charge < -0.3 is 23.8 Å². The quantitative estimate of drug-likeness (QED) is 0.0299.